The van der Waals surface area contributed by atoms with E-state index in [0.717, 1.165) is 0 Å². The number of aliphatic carboxylic acids is 1. The van der Waals surface area contributed by atoms with Crippen LogP contribution in [-0.4, -0.2) is 46.3 Å². The maximum absolute atomic E-state index is 12.5. The molecule has 2 amide bonds. The van der Waals surface area contributed by atoms with E-state index in [2.05, 4.69) is 10.7 Å². The van der Waals surface area contributed by atoms with E-state index < -0.39 is 18.2 Å². The first kappa shape index (κ1) is 19.3. The molecule has 0 spiro atoms. The van der Waals surface area contributed by atoms with Gasteiger partial charge in [-0.05, 0) is 32.6 Å². The van der Waals surface area contributed by atoms with Crippen LogP contribution in [0.4, 0.5) is 0 Å². The van der Waals surface area contributed by atoms with Crippen LogP contribution < -0.4 is 22.2 Å². The van der Waals surface area contributed by atoms with Crippen molar-refractivity contribution in [2.75, 3.05) is 0 Å². The Balaban J connectivity index is 2.78. The molecule has 0 heterocycles. The normalized spacial score (nSPS) is 24.0. The molecular formula is C14H27N5O4. The molecule has 3 atom stereocenters. The number of rotatable bonds is 6. The molecule has 1 rings (SSSR count). The Kier molecular flexibility index (Phi) is 6.92. The summed E-state index contributed by atoms with van der Waals surface area (Å²) in [5, 5.41) is 13.4. The largest absolute Gasteiger partial charge is 0.481 e. The standard InChI is InChI=1S/C14H27N5O4/c1-7(2)19(18-8(3)20)12(21)6-9-4-10(13(22)23)5-11(9)17-14(15)16/h7,9-11,14,17H,4-6,15-16H2,1-3H3,(H,18,20)(H,22,23). The summed E-state index contributed by atoms with van der Waals surface area (Å²) >= 11 is 0. The molecule has 9 heteroatoms. The summed E-state index contributed by atoms with van der Waals surface area (Å²) in [5.74, 6) is -2.21. The van der Waals surface area contributed by atoms with Crippen LogP contribution >= 0.6 is 0 Å². The van der Waals surface area contributed by atoms with Crippen LogP contribution in [0, 0.1) is 11.8 Å². The molecule has 9 nitrogen and oxygen atoms in total. The van der Waals surface area contributed by atoms with Crippen LogP contribution in [0.15, 0.2) is 0 Å². The van der Waals surface area contributed by atoms with Crippen LogP contribution in [0.1, 0.15) is 40.0 Å². The predicted octanol–water partition coefficient (Wildman–Crippen LogP) is -1.07. The number of hydrogen-bond donors (Lipinski definition) is 5. The Morgan fingerprint density at radius 3 is 2.30 bits per heavy atom. The molecular weight excluding hydrogens is 302 g/mol. The van der Waals surface area contributed by atoms with Gasteiger partial charge in [0.25, 0.3) is 0 Å². The number of carboxylic acid groups (broad SMARTS) is 1. The highest BCUT2D eigenvalue weighted by molar-refractivity contribution is 5.81. The van der Waals surface area contributed by atoms with Crippen LogP contribution in [0.25, 0.3) is 0 Å². The number of carbonyl (C=O) groups excluding carboxylic acids is 2. The van der Waals surface area contributed by atoms with Gasteiger partial charge >= 0.3 is 5.97 Å². The molecule has 0 aromatic heterocycles. The highest BCUT2D eigenvalue weighted by Gasteiger charge is 2.40. The number of hydrazine groups is 1. The van der Waals surface area contributed by atoms with Gasteiger partial charge in [-0.1, -0.05) is 0 Å². The molecule has 1 saturated carbocycles. The van der Waals surface area contributed by atoms with Crippen molar-refractivity contribution in [1.29, 1.82) is 0 Å². The van der Waals surface area contributed by atoms with Crippen molar-refractivity contribution in [3.8, 4) is 0 Å². The predicted molar refractivity (Wildman–Crippen MR) is 83.4 cm³/mol. The molecule has 0 aliphatic heterocycles. The lowest BCUT2D eigenvalue weighted by Gasteiger charge is -2.29. The van der Waals surface area contributed by atoms with E-state index in [-0.39, 0.29) is 36.2 Å². The van der Waals surface area contributed by atoms with Crippen molar-refractivity contribution in [3.63, 3.8) is 0 Å². The summed E-state index contributed by atoms with van der Waals surface area (Å²) in [4.78, 5) is 34.9. The van der Waals surface area contributed by atoms with Crippen LogP contribution in [-0.2, 0) is 14.4 Å². The van der Waals surface area contributed by atoms with Gasteiger partial charge in [-0.25, -0.2) is 0 Å². The lowest BCUT2D eigenvalue weighted by Crippen LogP contribution is -2.53. The molecule has 0 radical (unpaired) electrons. The quantitative estimate of drug-likeness (QED) is 0.307. The molecule has 1 aliphatic rings. The Morgan fingerprint density at radius 2 is 1.87 bits per heavy atom. The van der Waals surface area contributed by atoms with Crippen molar-refractivity contribution in [3.05, 3.63) is 0 Å². The van der Waals surface area contributed by atoms with Gasteiger partial charge in [0, 0.05) is 25.4 Å². The smallest absolute Gasteiger partial charge is 0.306 e. The first-order chi connectivity index (χ1) is 10.6. The van der Waals surface area contributed by atoms with Crippen LogP contribution in [0.2, 0.25) is 0 Å². The first-order valence-electron chi connectivity index (χ1n) is 7.71. The van der Waals surface area contributed by atoms with E-state index >= 15 is 0 Å². The first-order valence-corrected chi connectivity index (χ1v) is 7.71. The summed E-state index contributed by atoms with van der Waals surface area (Å²) in [5.41, 5.74) is 13.6. The number of nitrogens with one attached hydrogen (secondary N) is 2. The minimum absolute atomic E-state index is 0.118. The Labute approximate surface area is 135 Å². The molecule has 7 N–H and O–H groups in total. The molecule has 3 unspecified atom stereocenters. The van der Waals surface area contributed by atoms with Gasteiger partial charge in [0.2, 0.25) is 11.8 Å². The number of carbonyl (C=O) groups is 3. The molecule has 0 aromatic carbocycles. The van der Waals surface area contributed by atoms with E-state index in [4.69, 9.17) is 11.5 Å². The lowest BCUT2D eigenvalue weighted by molar-refractivity contribution is -0.144. The summed E-state index contributed by atoms with van der Waals surface area (Å²) in [7, 11) is 0. The van der Waals surface area contributed by atoms with E-state index in [0.29, 0.717) is 12.8 Å². The summed E-state index contributed by atoms with van der Waals surface area (Å²) in [6.45, 7) is 4.90. The summed E-state index contributed by atoms with van der Waals surface area (Å²) < 4.78 is 0. The van der Waals surface area contributed by atoms with Gasteiger partial charge in [0.15, 0.2) is 0 Å². The minimum Gasteiger partial charge on any atom is -0.481 e. The maximum atomic E-state index is 12.5. The highest BCUT2D eigenvalue weighted by atomic mass is 16.4. The SMILES string of the molecule is CC(=O)NN(C(=O)CC1CC(C(=O)O)CC1NC(N)N)C(C)C. The number of amides is 2. The van der Waals surface area contributed by atoms with E-state index in [9.17, 15) is 19.5 Å². The lowest BCUT2D eigenvalue weighted by atomic mass is 9.98. The Bertz CT molecular complexity index is 454. The fourth-order valence-corrected chi connectivity index (χ4v) is 2.98. The van der Waals surface area contributed by atoms with Crippen molar-refractivity contribution < 1.29 is 19.5 Å². The van der Waals surface area contributed by atoms with Crippen LogP contribution in [0.3, 0.4) is 0 Å². The molecule has 1 fully saturated rings. The van der Waals surface area contributed by atoms with Crippen molar-refractivity contribution in [2.24, 2.45) is 23.3 Å². The fourth-order valence-electron chi connectivity index (χ4n) is 2.98. The third-order valence-corrected chi connectivity index (χ3v) is 3.95. The van der Waals surface area contributed by atoms with E-state index in [1.165, 1.54) is 11.9 Å². The van der Waals surface area contributed by atoms with Crippen LogP contribution in [0.5, 0.6) is 0 Å². The van der Waals surface area contributed by atoms with Gasteiger partial charge < -0.3 is 16.6 Å². The van der Waals surface area contributed by atoms with Crippen molar-refractivity contribution in [1.82, 2.24) is 15.8 Å². The Morgan fingerprint density at radius 1 is 1.26 bits per heavy atom. The summed E-state index contributed by atoms with van der Waals surface area (Å²) in [6.07, 6.45) is 0.0890. The van der Waals surface area contributed by atoms with Gasteiger partial charge in [-0.3, -0.25) is 30.1 Å². The fraction of sp³-hybridized carbons (Fsp3) is 0.786. The topological polar surface area (TPSA) is 151 Å². The van der Waals surface area contributed by atoms with Gasteiger partial charge in [-0.15, -0.1) is 0 Å². The zero-order valence-corrected chi connectivity index (χ0v) is 13.8. The molecule has 0 bridgehead atoms. The number of carboxylic acids is 1. The number of nitrogens with two attached hydrogens (primary N) is 2. The third kappa shape index (κ3) is 5.77. The summed E-state index contributed by atoms with van der Waals surface area (Å²) in [6, 6.07) is -0.447. The number of hydrogen-bond acceptors (Lipinski definition) is 6. The zero-order chi connectivity index (χ0) is 17.7. The average Bonchev–Trinajstić information content (AvgIpc) is 2.77. The highest BCUT2D eigenvalue weighted by Crippen LogP contribution is 2.34. The van der Waals surface area contributed by atoms with Crippen molar-refractivity contribution >= 4 is 17.8 Å². The maximum Gasteiger partial charge on any atom is 0.306 e. The molecule has 23 heavy (non-hydrogen) atoms. The Hall–Kier alpha value is -1.71. The molecule has 0 aromatic rings. The molecule has 132 valence electrons. The number of nitrogens with zero attached hydrogens (tertiary/aromatic N) is 1. The zero-order valence-electron chi connectivity index (χ0n) is 13.8. The monoisotopic (exact) mass is 329 g/mol. The van der Waals surface area contributed by atoms with Gasteiger partial charge in [0.05, 0.1) is 5.92 Å². The van der Waals surface area contributed by atoms with E-state index in [1.807, 2.05) is 0 Å². The second kappa shape index (κ2) is 8.23. The molecule has 0 saturated heterocycles. The van der Waals surface area contributed by atoms with Gasteiger partial charge in [-0.2, -0.15) is 0 Å². The average molecular weight is 329 g/mol. The second-order valence-corrected chi connectivity index (χ2v) is 6.30. The van der Waals surface area contributed by atoms with Crippen molar-refractivity contribution in [2.45, 2.75) is 58.4 Å². The van der Waals surface area contributed by atoms with E-state index in [1.54, 1.807) is 13.8 Å². The third-order valence-electron chi connectivity index (χ3n) is 3.95. The van der Waals surface area contributed by atoms with Gasteiger partial charge in [0.1, 0.15) is 6.29 Å². The minimum atomic E-state index is -0.889. The second-order valence-electron chi connectivity index (χ2n) is 6.30. The molecule has 1 aliphatic carbocycles.